The van der Waals surface area contributed by atoms with Gasteiger partial charge in [-0.3, -0.25) is 0 Å². The molecule has 0 fully saturated rings. The molecule has 0 heterocycles. The van der Waals surface area contributed by atoms with Crippen molar-refractivity contribution in [3.8, 4) is 0 Å². The van der Waals surface area contributed by atoms with Crippen LogP contribution in [0.25, 0.3) is 0 Å². The fourth-order valence-corrected chi connectivity index (χ4v) is 2.45. The zero-order chi connectivity index (χ0) is 14.7. The number of sulfonamides is 1. The van der Waals surface area contributed by atoms with Crippen molar-refractivity contribution in [3.63, 3.8) is 0 Å². The van der Waals surface area contributed by atoms with Gasteiger partial charge in [-0.25, -0.2) is 17.5 Å². The molecule has 3 N–H and O–H groups in total. The second-order valence-electron chi connectivity index (χ2n) is 3.68. The molecule has 0 aliphatic heterocycles. The van der Waals surface area contributed by atoms with Gasteiger partial charge in [0.05, 0.1) is 5.56 Å². The number of nitrogens with one attached hydrogen (secondary N) is 1. The first-order valence-corrected chi connectivity index (χ1v) is 6.73. The highest BCUT2D eigenvalue weighted by atomic mass is 32.2. The van der Waals surface area contributed by atoms with Crippen molar-refractivity contribution in [2.75, 3.05) is 13.1 Å². The Labute approximate surface area is 107 Å². The van der Waals surface area contributed by atoms with Gasteiger partial charge in [0.15, 0.2) is 0 Å². The van der Waals surface area contributed by atoms with E-state index in [1.165, 1.54) is 0 Å². The maximum atomic E-state index is 13.4. The van der Waals surface area contributed by atoms with Gasteiger partial charge in [-0.1, -0.05) is 0 Å². The number of hydrogen-bond donors (Lipinski definition) is 2. The maximum absolute atomic E-state index is 13.4. The van der Waals surface area contributed by atoms with Crippen molar-refractivity contribution in [2.24, 2.45) is 5.73 Å². The van der Waals surface area contributed by atoms with E-state index in [1.54, 1.807) is 0 Å². The van der Waals surface area contributed by atoms with Gasteiger partial charge in [0, 0.05) is 6.54 Å². The summed E-state index contributed by atoms with van der Waals surface area (Å²) in [7, 11) is -4.33. The van der Waals surface area contributed by atoms with Crippen molar-refractivity contribution in [3.05, 3.63) is 29.6 Å². The van der Waals surface area contributed by atoms with Gasteiger partial charge < -0.3 is 5.73 Å². The minimum Gasteiger partial charge on any atom is -0.330 e. The Hall–Kier alpha value is -1.19. The molecule has 0 saturated carbocycles. The number of nitrogens with two attached hydrogens (primary N) is 1. The fourth-order valence-electron chi connectivity index (χ4n) is 1.27. The molecule has 0 aromatic heterocycles. The highest BCUT2D eigenvalue weighted by molar-refractivity contribution is 7.89. The van der Waals surface area contributed by atoms with Crippen LogP contribution >= 0.6 is 0 Å². The van der Waals surface area contributed by atoms with Gasteiger partial charge in [-0.05, 0) is 31.2 Å². The molecule has 0 aliphatic rings. The van der Waals surface area contributed by atoms with Crippen LogP contribution in [0.5, 0.6) is 0 Å². The van der Waals surface area contributed by atoms with Crippen LogP contribution in [0.3, 0.4) is 0 Å². The summed E-state index contributed by atoms with van der Waals surface area (Å²) in [6.07, 6.45) is -4.45. The van der Waals surface area contributed by atoms with E-state index in [1.807, 2.05) is 4.72 Å². The molecule has 9 heteroatoms. The molecular formula is C10H12F4N2O2S. The monoisotopic (exact) mass is 300 g/mol. The first-order chi connectivity index (χ1) is 8.68. The van der Waals surface area contributed by atoms with Crippen molar-refractivity contribution in [2.45, 2.75) is 17.5 Å². The summed E-state index contributed by atoms with van der Waals surface area (Å²) in [6.45, 7) is 0.127. The third-order valence-electron chi connectivity index (χ3n) is 2.22. The lowest BCUT2D eigenvalue weighted by molar-refractivity contribution is -0.137. The number of alkyl halides is 3. The first-order valence-electron chi connectivity index (χ1n) is 5.25. The minimum absolute atomic E-state index is 0.0749. The highest BCUT2D eigenvalue weighted by Gasteiger charge is 2.32. The summed E-state index contributed by atoms with van der Waals surface area (Å²) in [4.78, 5) is -1.03. The zero-order valence-electron chi connectivity index (χ0n) is 9.67. The van der Waals surface area contributed by atoms with Gasteiger partial charge in [0.25, 0.3) is 0 Å². The Balaban J connectivity index is 3.12. The highest BCUT2D eigenvalue weighted by Crippen LogP contribution is 2.31. The lowest BCUT2D eigenvalue weighted by Gasteiger charge is -2.11. The summed E-state index contributed by atoms with van der Waals surface area (Å²) in [5, 5.41) is 0. The Bertz CT molecular complexity index is 543. The van der Waals surface area contributed by atoms with Gasteiger partial charge >= 0.3 is 6.18 Å². The van der Waals surface area contributed by atoms with E-state index in [0.29, 0.717) is 18.6 Å². The van der Waals surface area contributed by atoms with Crippen LogP contribution in [0.4, 0.5) is 17.6 Å². The molecule has 108 valence electrons. The third-order valence-corrected chi connectivity index (χ3v) is 3.70. The van der Waals surface area contributed by atoms with E-state index in [-0.39, 0.29) is 19.2 Å². The molecule has 1 aromatic rings. The molecule has 0 atom stereocenters. The smallest absolute Gasteiger partial charge is 0.330 e. The molecule has 0 amide bonds. The lowest BCUT2D eigenvalue weighted by Crippen LogP contribution is -2.27. The minimum atomic E-state index is -4.74. The second kappa shape index (κ2) is 5.85. The van der Waals surface area contributed by atoms with Gasteiger partial charge in [0.1, 0.15) is 10.7 Å². The van der Waals surface area contributed by atoms with Crippen molar-refractivity contribution < 1.29 is 26.0 Å². The Morgan fingerprint density at radius 3 is 2.42 bits per heavy atom. The van der Waals surface area contributed by atoms with Crippen LogP contribution in [-0.4, -0.2) is 21.5 Å². The molecule has 1 aromatic carbocycles. The largest absolute Gasteiger partial charge is 0.416 e. The number of benzene rings is 1. The summed E-state index contributed by atoms with van der Waals surface area (Å²) < 4.78 is 75.9. The molecule has 0 radical (unpaired) electrons. The molecular weight excluding hydrogens is 288 g/mol. The first kappa shape index (κ1) is 15.9. The number of halogens is 4. The summed E-state index contributed by atoms with van der Waals surface area (Å²) in [5.41, 5.74) is 3.92. The maximum Gasteiger partial charge on any atom is 0.416 e. The molecule has 4 nitrogen and oxygen atoms in total. The van der Waals surface area contributed by atoms with Crippen molar-refractivity contribution in [1.29, 1.82) is 0 Å². The van der Waals surface area contributed by atoms with E-state index in [2.05, 4.69) is 0 Å². The van der Waals surface area contributed by atoms with Crippen LogP contribution < -0.4 is 10.5 Å². The van der Waals surface area contributed by atoms with E-state index >= 15 is 0 Å². The van der Waals surface area contributed by atoms with E-state index < -0.39 is 32.5 Å². The van der Waals surface area contributed by atoms with Crippen LogP contribution in [0.15, 0.2) is 23.1 Å². The summed E-state index contributed by atoms with van der Waals surface area (Å²) in [5.74, 6) is -1.24. The molecule has 1 rings (SSSR count). The molecule has 0 bridgehead atoms. The Morgan fingerprint density at radius 2 is 1.89 bits per heavy atom. The van der Waals surface area contributed by atoms with Crippen LogP contribution in [0.1, 0.15) is 12.0 Å². The van der Waals surface area contributed by atoms with Crippen molar-refractivity contribution >= 4 is 10.0 Å². The van der Waals surface area contributed by atoms with Crippen LogP contribution in [0, 0.1) is 5.82 Å². The van der Waals surface area contributed by atoms with Crippen LogP contribution in [-0.2, 0) is 16.2 Å². The number of rotatable bonds is 5. The standard InChI is InChI=1S/C10H12F4N2O2S/c11-8-3-2-7(10(12,13)14)6-9(8)19(17,18)16-5-1-4-15/h2-3,6,16H,1,4-5,15H2. The summed E-state index contributed by atoms with van der Waals surface area (Å²) >= 11 is 0. The molecule has 0 unspecified atom stereocenters. The lowest BCUT2D eigenvalue weighted by atomic mass is 10.2. The predicted molar refractivity (Wildman–Crippen MR) is 60.3 cm³/mol. The summed E-state index contributed by atoms with van der Waals surface area (Å²) in [6, 6.07) is 1.22. The normalized spacial score (nSPS) is 12.7. The molecule has 19 heavy (non-hydrogen) atoms. The zero-order valence-corrected chi connectivity index (χ0v) is 10.5. The van der Waals surface area contributed by atoms with E-state index in [9.17, 15) is 26.0 Å². The topological polar surface area (TPSA) is 72.2 Å². The van der Waals surface area contributed by atoms with Gasteiger partial charge in [0.2, 0.25) is 10.0 Å². The molecule has 0 spiro atoms. The average Bonchev–Trinajstić information content (AvgIpc) is 2.27. The molecule has 0 aliphatic carbocycles. The average molecular weight is 300 g/mol. The van der Waals surface area contributed by atoms with E-state index in [0.717, 1.165) is 0 Å². The molecule has 0 saturated heterocycles. The van der Waals surface area contributed by atoms with E-state index in [4.69, 9.17) is 5.73 Å². The Morgan fingerprint density at radius 1 is 1.26 bits per heavy atom. The Kier molecular flexibility index (Phi) is 4.88. The quantitative estimate of drug-likeness (QED) is 0.639. The van der Waals surface area contributed by atoms with Crippen LogP contribution in [0.2, 0.25) is 0 Å². The SMILES string of the molecule is NCCCNS(=O)(=O)c1cc(C(F)(F)F)ccc1F. The fraction of sp³-hybridized carbons (Fsp3) is 0.400. The van der Waals surface area contributed by atoms with Gasteiger partial charge in [-0.15, -0.1) is 0 Å². The third kappa shape index (κ3) is 4.15. The van der Waals surface area contributed by atoms with Gasteiger partial charge in [-0.2, -0.15) is 13.2 Å². The predicted octanol–water partition coefficient (Wildman–Crippen LogP) is 1.47. The van der Waals surface area contributed by atoms with Crippen molar-refractivity contribution in [1.82, 2.24) is 4.72 Å². The number of hydrogen-bond acceptors (Lipinski definition) is 3. The second-order valence-corrected chi connectivity index (χ2v) is 5.42.